The molecule has 1 aliphatic heterocycles. The van der Waals surface area contributed by atoms with Crippen molar-refractivity contribution in [2.45, 2.75) is 46.1 Å². The number of sulfone groups is 1. The molecule has 1 heterocycles. The molecule has 0 aliphatic carbocycles. The van der Waals surface area contributed by atoms with Gasteiger partial charge < -0.3 is 5.32 Å². The van der Waals surface area contributed by atoms with Gasteiger partial charge >= 0.3 is 0 Å². The van der Waals surface area contributed by atoms with Crippen LogP contribution in [0.4, 0.5) is 0 Å². The molecule has 1 amide bonds. The fourth-order valence-electron chi connectivity index (χ4n) is 3.00. The van der Waals surface area contributed by atoms with Gasteiger partial charge in [0.1, 0.15) is 0 Å². The van der Waals surface area contributed by atoms with Crippen molar-refractivity contribution in [3.63, 3.8) is 0 Å². The normalized spacial score (nSPS) is 21.6. The van der Waals surface area contributed by atoms with E-state index in [9.17, 15) is 13.2 Å². The van der Waals surface area contributed by atoms with Gasteiger partial charge in [0.15, 0.2) is 9.84 Å². The molecule has 0 aromatic heterocycles. The fourth-order valence-corrected chi connectivity index (χ4v) is 4.74. The number of amides is 1. The summed E-state index contributed by atoms with van der Waals surface area (Å²) in [6.45, 7) is 8.42. The van der Waals surface area contributed by atoms with Gasteiger partial charge in [-0.05, 0) is 29.4 Å². The molecule has 1 aromatic carbocycles. The van der Waals surface area contributed by atoms with E-state index >= 15 is 0 Å². The van der Waals surface area contributed by atoms with Crippen molar-refractivity contribution in [2.24, 2.45) is 11.8 Å². The molecule has 0 radical (unpaired) electrons. The van der Waals surface area contributed by atoms with E-state index in [-0.39, 0.29) is 29.4 Å². The minimum absolute atomic E-state index is 0.0179. The average Bonchev–Trinajstić information content (AvgIpc) is 2.84. The molecule has 0 unspecified atom stereocenters. The SMILES string of the molecule is CC(C)c1ccc([C@H](NC(=O)[C@H]2CCS(=O)(=O)C2)C(C)C)cc1. The maximum Gasteiger partial charge on any atom is 0.224 e. The number of carbonyl (C=O) groups is 1. The van der Waals surface area contributed by atoms with Crippen LogP contribution >= 0.6 is 0 Å². The molecule has 1 aromatic rings. The van der Waals surface area contributed by atoms with Gasteiger partial charge in [-0.25, -0.2) is 8.42 Å². The third-order valence-corrected chi connectivity index (χ3v) is 6.30. The van der Waals surface area contributed by atoms with Crippen LogP contribution in [0.15, 0.2) is 24.3 Å². The Balaban J connectivity index is 2.11. The topological polar surface area (TPSA) is 63.2 Å². The Morgan fingerprint density at radius 3 is 2.09 bits per heavy atom. The van der Waals surface area contributed by atoms with Gasteiger partial charge in [-0.15, -0.1) is 0 Å². The first-order chi connectivity index (χ1) is 10.7. The second kappa shape index (κ2) is 7.04. The molecule has 0 bridgehead atoms. The predicted molar refractivity (Wildman–Crippen MR) is 93.0 cm³/mol. The van der Waals surface area contributed by atoms with Gasteiger partial charge in [0, 0.05) is 0 Å². The molecule has 0 saturated carbocycles. The first-order valence-corrected chi connectivity index (χ1v) is 10.1. The fraction of sp³-hybridized carbons (Fsp3) is 0.611. The molecule has 1 saturated heterocycles. The summed E-state index contributed by atoms with van der Waals surface area (Å²) in [6, 6.07) is 8.23. The molecular weight excluding hydrogens is 310 g/mol. The van der Waals surface area contributed by atoms with Gasteiger partial charge in [-0.2, -0.15) is 0 Å². The Morgan fingerprint density at radius 2 is 1.65 bits per heavy atom. The van der Waals surface area contributed by atoms with Crippen molar-refractivity contribution in [1.82, 2.24) is 5.32 Å². The van der Waals surface area contributed by atoms with Crippen LogP contribution < -0.4 is 5.32 Å². The van der Waals surface area contributed by atoms with E-state index in [4.69, 9.17) is 0 Å². The summed E-state index contributed by atoms with van der Waals surface area (Å²) in [6.07, 6.45) is 0.436. The van der Waals surface area contributed by atoms with Crippen molar-refractivity contribution < 1.29 is 13.2 Å². The van der Waals surface area contributed by atoms with Crippen molar-refractivity contribution in [3.05, 3.63) is 35.4 Å². The zero-order valence-corrected chi connectivity index (χ0v) is 15.2. The second-order valence-corrected chi connectivity index (χ2v) is 9.38. The van der Waals surface area contributed by atoms with Crippen LogP contribution in [0.25, 0.3) is 0 Å². The summed E-state index contributed by atoms with van der Waals surface area (Å²) < 4.78 is 23.1. The lowest BCUT2D eigenvalue weighted by atomic mass is 9.92. The minimum atomic E-state index is -3.04. The Labute approximate surface area is 139 Å². The Hall–Kier alpha value is -1.36. The van der Waals surface area contributed by atoms with Gasteiger partial charge in [-0.1, -0.05) is 52.0 Å². The van der Waals surface area contributed by atoms with E-state index in [1.54, 1.807) is 0 Å². The molecule has 1 N–H and O–H groups in total. The molecule has 1 fully saturated rings. The van der Waals surface area contributed by atoms with E-state index in [0.29, 0.717) is 12.3 Å². The Kier molecular flexibility index (Phi) is 5.50. The predicted octanol–water partition coefficient (Wildman–Crippen LogP) is 3.06. The molecule has 5 heteroatoms. The maximum atomic E-state index is 12.4. The van der Waals surface area contributed by atoms with Crippen LogP contribution in [-0.4, -0.2) is 25.8 Å². The van der Waals surface area contributed by atoms with E-state index in [1.807, 2.05) is 0 Å². The van der Waals surface area contributed by atoms with Crippen LogP contribution in [0.2, 0.25) is 0 Å². The summed E-state index contributed by atoms with van der Waals surface area (Å²) in [7, 11) is -3.04. The quantitative estimate of drug-likeness (QED) is 0.898. The number of nitrogens with one attached hydrogen (secondary N) is 1. The summed E-state index contributed by atoms with van der Waals surface area (Å²) in [5, 5.41) is 3.06. The highest BCUT2D eigenvalue weighted by atomic mass is 32.2. The molecule has 0 spiro atoms. The molecule has 2 atom stereocenters. The van der Waals surface area contributed by atoms with Gasteiger partial charge in [-0.3, -0.25) is 4.79 Å². The number of benzene rings is 1. The molecule has 128 valence electrons. The Morgan fingerprint density at radius 1 is 1.09 bits per heavy atom. The van der Waals surface area contributed by atoms with Crippen LogP contribution in [0.1, 0.15) is 57.2 Å². The van der Waals surface area contributed by atoms with Crippen molar-refractivity contribution >= 4 is 15.7 Å². The zero-order chi connectivity index (χ0) is 17.2. The monoisotopic (exact) mass is 337 g/mol. The molecule has 1 aliphatic rings. The summed E-state index contributed by atoms with van der Waals surface area (Å²) in [5.41, 5.74) is 2.34. The lowest BCUT2D eigenvalue weighted by Gasteiger charge is -2.25. The van der Waals surface area contributed by atoms with E-state index in [2.05, 4.69) is 57.3 Å². The third kappa shape index (κ3) is 4.56. The highest BCUT2D eigenvalue weighted by Crippen LogP contribution is 2.26. The summed E-state index contributed by atoms with van der Waals surface area (Å²) >= 11 is 0. The van der Waals surface area contributed by atoms with Gasteiger partial charge in [0.05, 0.1) is 23.5 Å². The van der Waals surface area contributed by atoms with Crippen molar-refractivity contribution in [2.75, 3.05) is 11.5 Å². The molecule has 4 nitrogen and oxygen atoms in total. The first-order valence-electron chi connectivity index (χ1n) is 8.30. The van der Waals surface area contributed by atoms with E-state index < -0.39 is 15.8 Å². The number of carbonyl (C=O) groups excluding carboxylic acids is 1. The van der Waals surface area contributed by atoms with Gasteiger partial charge in [0.25, 0.3) is 0 Å². The summed E-state index contributed by atoms with van der Waals surface area (Å²) in [4.78, 5) is 12.4. The maximum absolute atomic E-state index is 12.4. The minimum Gasteiger partial charge on any atom is -0.349 e. The van der Waals surface area contributed by atoms with Gasteiger partial charge in [0.2, 0.25) is 5.91 Å². The number of hydrogen-bond donors (Lipinski definition) is 1. The highest BCUT2D eigenvalue weighted by Gasteiger charge is 2.34. The standard InChI is InChI=1S/C18H27NO3S/c1-12(2)14-5-7-15(8-6-14)17(13(3)4)19-18(20)16-9-10-23(21,22)11-16/h5-8,12-13,16-17H,9-11H2,1-4H3,(H,19,20)/t16-,17+/m0/s1. The van der Waals surface area contributed by atoms with Crippen LogP contribution in [-0.2, 0) is 14.6 Å². The van der Waals surface area contributed by atoms with Crippen LogP contribution in [0.3, 0.4) is 0 Å². The third-order valence-electron chi connectivity index (χ3n) is 4.53. The van der Waals surface area contributed by atoms with Crippen molar-refractivity contribution in [3.8, 4) is 0 Å². The number of hydrogen-bond acceptors (Lipinski definition) is 3. The van der Waals surface area contributed by atoms with Crippen LogP contribution in [0, 0.1) is 11.8 Å². The largest absolute Gasteiger partial charge is 0.349 e. The van der Waals surface area contributed by atoms with E-state index in [1.165, 1.54) is 5.56 Å². The molecule has 2 rings (SSSR count). The highest BCUT2D eigenvalue weighted by molar-refractivity contribution is 7.91. The smallest absolute Gasteiger partial charge is 0.224 e. The van der Waals surface area contributed by atoms with Crippen LogP contribution in [0.5, 0.6) is 0 Å². The lowest BCUT2D eigenvalue weighted by molar-refractivity contribution is -0.125. The zero-order valence-electron chi connectivity index (χ0n) is 14.4. The summed E-state index contributed by atoms with van der Waals surface area (Å²) in [5.74, 6) is 0.270. The lowest BCUT2D eigenvalue weighted by Crippen LogP contribution is -2.36. The van der Waals surface area contributed by atoms with E-state index in [0.717, 1.165) is 5.56 Å². The number of rotatable bonds is 5. The van der Waals surface area contributed by atoms with Crippen molar-refractivity contribution in [1.29, 1.82) is 0 Å². The molecule has 23 heavy (non-hydrogen) atoms. The Bertz CT molecular complexity index is 647. The second-order valence-electron chi connectivity index (χ2n) is 7.15. The average molecular weight is 337 g/mol. The first kappa shape index (κ1) is 18.0. The molecular formula is C18H27NO3S.